The van der Waals surface area contributed by atoms with E-state index >= 15 is 0 Å². The van der Waals surface area contributed by atoms with Gasteiger partial charge in [-0.3, -0.25) is 0 Å². The van der Waals surface area contributed by atoms with Gasteiger partial charge in [0.15, 0.2) is 0 Å². The van der Waals surface area contributed by atoms with Gasteiger partial charge < -0.3 is 5.32 Å². The van der Waals surface area contributed by atoms with E-state index in [-0.39, 0.29) is 0 Å². The molecule has 1 aliphatic rings. The minimum Gasteiger partial charge on any atom is -0.312 e. The normalized spacial score (nSPS) is 27.0. The Bertz CT molecular complexity index is 336. The lowest BCUT2D eigenvalue weighted by Crippen LogP contribution is -2.28. The van der Waals surface area contributed by atoms with Crippen molar-refractivity contribution in [3.8, 4) is 0 Å². The molecule has 0 aliphatic heterocycles. The van der Waals surface area contributed by atoms with E-state index in [1.165, 1.54) is 37.7 Å². The highest BCUT2D eigenvalue weighted by atomic mass is 32.1. The van der Waals surface area contributed by atoms with E-state index in [0.29, 0.717) is 6.04 Å². The fourth-order valence-electron chi connectivity index (χ4n) is 3.21. The Morgan fingerprint density at radius 3 is 2.53 bits per heavy atom. The number of rotatable bonds is 4. The molecular formula is C15H25NS. The fourth-order valence-corrected chi connectivity index (χ4v) is 4.34. The zero-order valence-corrected chi connectivity index (χ0v) is 12.1. The maximum atomic E-state index is 3.56. The second kappa shape index (κ2) is 6.01. The first kappa shape index (κ1) is 13.1. The molecule has 0 radical (unpaired) electrons. The Balaban J connectivity index is 2.03. The van der Waals surface area contributed by atoms with Gasteiger partial charge >= 0.3 is 0 Å². The fraction of sp³-hybridized carbons (Fsp3) is 0.733. The van der Waals surface area contributed by atoms with Crippen LogP contribution < -0.4 is 5.32 Å². The molecule has 0 amide bonds. The number of hydrogen-bond acceptors (Lipinski definition) is 2. The van der Waals surface area contributed by atoms with Crippen molar-refractivity contribution >= 4 is 11.3 Å². The van der Waals surface area contributed by atoms with Crippen LogP contribution in [-0.4, -0.2) is 7.05 Å². The molecule has 1 saturated carbocycles. The summed E-state index contributed by atoms with van der Waals surface area (Å²) in [5, 5.41) is 5.79. The van der Waals surface area contributed by atoms with Crippen LogP contribution in [0.15, 0.2) is 11.4 Å². The van der Waals surface area contributed by atoms with Crippen LogP contribution >= 0.6 is 11.3 Å². The molecule has 0 bridgehead atoms. The van der Waals surface area contributed by atoms with Crippen molar-refractivity contribution in [2.75, 3.05) is 7.05 Å². The summed E-state index contributed by atoms with van der Waals surface area (Å²) in [5.41, 5.74) is 1.46. The number of thiophene rings is 1. The van der Waals surface area contributed by atoms with Gasteiger partial charge in [-0.25, -0.2) is 0 Å². The van der Waals surface area contributed by atoms with Crippen molar-refractivity contribution in [1.82, 2.24) is 5.32 Å². The third kappa shape index (κ3) is 2.92. The number of hydrogen-bond donors (Lipinski definition) is 1. The molecule has 1 fully saturated rings. The molecule has 1 N–H and O–H groups in total. The van der Waals surface area contributed by atoms with Gasteiger partial charge in [-0.2, -0.15) is 0 Å². The number of aryl methyl sites for hydroxylation is 1. The first-order valence-corrected chi connectivity index (χ1v) is 7.85. The zero-order chi connectivity index (χ0) is 12.3. The van der Waals surface area contributed by atoms with E-state index < -0.39 is 0 Å². The van der Waals surface area contributed by atoms with Crippen molar-refractivity contribution in [1.29, 1.82) is 0 Å². The van der Waals surface area contributed by atoms with Crippen LogP contribution in [0.5, 0.6) is 0 Å². The third-order valence-electron chi connectivity index (χ3n) is 4.44. The first-order valence-electron chi connectivity index (χ1n) is 6.97. The van der Waals surface area contributed by atoms with Crippen LogP contribution in [-0.2, 0) is 0 Å². The van der Waals surface area contributed by atoms with Crippen LogP contribution in [0.1, 0.15) is 55.5 Å². The average molecular weight is 251 g/mol. The lowest BCUT2D eigenvalue weighted by atomic mass is 9.77. The van der Waals surface area contributed by atoms with Gasteiger partial charge in [0.05, 0.1) is 0 Å². The summed E-state index contributed by atoms with van der Waals surface area (Å²) < 4.78 is 0. The maximum Gasteiger partial charge on any atom is 0.0443 e. The Hall–Kier alpha value is -0.340. The van der Waals surface area contributed by atoms with E-state index in [9.17, 15) is 0 Å². The molecule has 0 saturated heterocycles. The largest absolute Gasteiger partial charge is 0.312 e. The average Bonchev–Trinajstić information content (AvgIpc) is 2.78. The monoisotopic (exact) mass is 251 g/mol. The van der Waals surface area contributed by atoms with Gasteiger partial charge in [0, 0.05) is 10.9 Å². The smallest absolute Gasteiger partial charge is 0.0443 e. The van der Waals surface area contributed by atoms with Gasteiger partial charge in [-0.15, -0.1) is 11.3 Å². The highest BCUT2D eigenvalue weighted by Gasteiger charge is 2.28. The van der Waals surface area contributed by atoms with E-state index in [1.54, 1.807) is 4.88 Å². The predicted molar refractivity (Wildman–Crippen MR) is 76.6 cm³/mol. The molecule has 2 rings (SSSR count). The van der Waals surface area contributed by atoms with Crippen molar-refractivity contribution < 1.29 is 0 Å². The summed E-state index contributed by atoms with van der Waals surface area (Å²) >= 11 is 1.92. The van der Waals surface area contributed by atoms with Gasteiger partial charge in [0.1, 0.15) is 0 Å². The zero-order valence-electron chi connectivity index (χ0n) is 11.3. The molecule has 0 spiro atoms. The Morgan fingerprint density at radius 2 is 2.06 bits per heavy atom. The van der Waals surface area contributed by atoms with E-state index in [0.717, 1.165) is 11.8 Å². The summed E-state index contributed by atoms with van der Waals surface area (Å²) in [6, 6.07) is 2.84. The summed E-state index contributed by atoms with van der Waals surface area (Å²) in [6.45, 7) is 4.58. The van der Waals surface area contributed by atoms with Gasteiger partial charge in [0.25, 0.3) is 0 Å². The van der Waals surface area contributed by atoms with Gasteiger partial charge in [0.2, 0.25) is 0 Å². The SMILES string of the molecule is CCC1CCC(C(NC)c2sccc2C)CC1. The molecule has 1 nitrogen and oxygen atoms in total. The number of nitrogens with one attached hydrogen (secondary N) is 1. The summed E-state index contributed by atoms with van der Waals surface area (Å²) in [7, 11) is 2.12. The third-order valence-corrected chi connectivity index (χ3v) is 5.54. The van der Waals surface area contributed by atoms with E-state index in [4.69, 9.17) is 0 Å². The molecular weight excluding hydrogens is 226 g/mol. The molecule has 17 heavy (non-hydrogen) atoms. The van der Waals surface area contributed by atoms with E-state index in [2.05, 4.69) is 37.7 Å². The van der Waals surface area contributed by atoms with Crippen LogP contribution in [0, 0.1) is 18.8 Å². The maximum absolute atomic E-state index is 3.56. The van der Waals surface area contributed by atoms with E-state index in [1.807, 2.05) is 11.3 Å². The lowest BCUT2D eigenvalue weighted by molar-refractivity contribution is 0.225. The predicted octanol–water partition coefficient (Wildman–Crippen LogP) is 4.53. The highest BCUT2D eigenvalue weighted by molar-refractivity contribution is 7.10. The molecule has 2 heteroatoms. The van der Waals surface area contributed by atoms with Crippen molar-refractivity contribution in [3.63, 3.8) is 0 Å². The standard InChI is InChI=1S/C15H25NS/c1-4-12-5-7-13(8-6-12)14(16-3)15-11(2)9-10-17-15/h9-10,12-14,16H,4-8H2,1-3H3. The Kier molecular flexibility index (Phi) is 4.63. The minimum atomic E-state index is 0.591. The van der Waals surface area contributed by atoms with Crippen molar-refractivity contribution in [3.05, 3.63) is 21.9 Å². The highest BCUT2D eigenvalue weighted by Crippen LogP contribution is 2.39. The van der Waals surface area contributed by atoms with Gasteiger partial charge in [-0.05, 0) is 55.7 Å². The summed E-state index contributed by atoms with van der Waals surface area (Å²) in [5.74, 6) is 1.84. The van der Waals surface area contributed by atoms with Crippen LogP contribution in [0.4, 0.5) is 0 Å². The van der Waals surface area contributed by atoms with Crippen molar-refractivity contribution in [2.45, 2.75) is 52.0 Å². The minimum absolute atomic E-state index is 0.591. The summed E-state index contributed by atoms with van der Waals surface area (Å²) in [4.78, 5) is 1.56. The molecule has 1 heterocycles. The molecule has 1 atom stereocenters. The first-order chi connectivity index (χ1) is 8.26. The quantitative estimate of drug-likeness (QED) is 0.829. The van der Waals surface area contributed by atoms with Crippen LogP contribution in [0.3, 0.4) is 0 Å². The molecule has 1 aromatic heterocycles. The van der Waals surface area contributed by atoms with Crippen LogP contribution in [0.25, 0.3) is 0 Å². The molecule has 1 aliphatic carbocycles. The Labute approximate surface area is 110 Å². The van der Waals surface area contributed by atoms with Crippen LogP contribution in [0.2, 0.25) is 0 Å². The van der Waals surface area contributed by atoms with Gasteiger partial charge in [-0.1, -0.05) is 26.2 Å². The second-order valence-electron chi connectivity index (χ2n) is 5.42. The molecule has 0 aromatic carbocycles. The summed E-state index contributed by atoms with van der Waals surface area (Å²) in [6.07, 6.45) is 7.05. The second-order valence-corrected chi connectivity index (χ2v) is 6.37. The molecule has 96 valence electrons. The lowest BCUT2D eigenvalue weighted by Gasteiger charge is -2.33. The topological polar surface area (TPSA) is 12.0 Å². The molecule has 1 aromatic rings. The molecule has 1 unspecified atom stereocenters. The Morgan fingerprint density at radius 1 is 1.35 bits per heavy atom. The van der Waals surface area contributed by atoms with Crippen molar-refractivity contribution in [2.24, 2.45) is 11.8 Å².